The van der Waals surface area contributed by atoms with E-state index in [0.717, 1.165) is 51.8 Å². The molecule has 0 spiro atoms. The van der Waals surface area contributed by atoms with Crippen LogP contribution in [0.4, 0.5) is 0 Å². The van der Waals surface area contributed by atoms with E-state index in [0.29, 0.717) is 12.6 Å². The van der Waals surface area contributed by atoms with Crippen LogP contribution in [0.25, 0.3) is 0 Å². The van der Waals surface area contributed by atoms with Crippen LogP contribution < -0.4 is 5.32 Å². The highest BCUT2D eigenvalue weighted by Gasteiger charge is 2.40. The number of aliphatic carboxylic acids is 1. The lowest BCUT2D eigenvalue weighted by molar-refractivity contribution is -0.145. The predicted molar refractivity (Wildman–Crippen MR) is 77.9 cm³/mol. The Kier molecular flexibility index (Phi) is 5.41. The van der Waals surface area contributed by atoms with Crippen LogP contribution >= 0.6 is 0 Å². The summed E-state index contributed by atoms with van der Waals surface area (Å²) in [6.45, 7) is 7.11. The summed E-state index contributed by atoms with van der Waals surface area (Å²) in [7, 11) is 0. The molecule has 1 aliphatic heterocycles. The minimum Gasteiger partial charge on any atom is -0.480 e. The summed E-state index contributed by atoms with van der Waals surface area (Å²) < 4.78 is 5.82. The molecule has 0 bridgehead atoms. The van der Waals surface area contributed by atoms with Crippen LogP contribution in [-0.2, 0) is 9.53 Å². The van der Waals surface area contributed by atoms with Crippen molar-refractivity contribution in [2.75, 3.05) is 26.2 Å². The smallest absolute Gasteiger partial charge is 0.324 e. The maximum atomic E-state index is 11.6. The van der Waals surface area contributed by atoms with Gasteiger partial charge in [-0.1, -0.05) is 6.92 Å². The molecule has 2 atom stereocenters. The van der Waals surface area contributed by atoms with E-state index >= 15 is 0 Å². The molecule has 0 aromatic carbocycles. The Labute approximate surface area is 121 Å². The van der Waals surface area contributed by atoms with Crippen LogP contribution in [0.1, 0.15) is 46.0 Å². The first-order chi connectivity index (χ1) is 9.53. The standard InChI is InChI=1S/C15H28N2O3/c1-3-9-20-13-5-4-8-17(10-13)11-15(2,14(18)19)16-12-6-7-12/h12-13,16H,3-11H2,1-2H3,(H,18,19). The van der Waals surface area contributed by atoms with E-state index in [2.05, 4.69) is 17.1 Å². The Morgan fingerprint density at radius 1 is 1.45 bits per heavy atom. The lowest BCUT2D eigenvalue weighted by Gasteiger charge is -2.38. The molecule has 0 amide bonds. The first-order valence-corrected chi connectivity index (χ1v) is 7.88. The third-order valence-electron chi connectivity index (χ3n) is 4.13. The lowest BCUT2D eigenvalue weighted by Crippen LogP contribution is -2.59. The van der Waals surface area contributed by atoms with E-state index in [1.54, 1.807) is 0 Å². The van der Waals surface area contributed by atoms with E-state index in [1.807, 2.05) is 6.92 Å². The normalized spacial score (nSPS) is 27.2. The molecule has 0 aromatic heterocycles. The molecule has 2 rings (SSSR count). The largest absolute Gasteiger partial charge is 0.480 e. The number of nitrogens with one attached hydrogen (secondary N) is 1. The topological polar surface area (TPSA) is 61.8 Å². The Morgan fingerprint density at radius 2 is 2.20 bits per heavy atom. The molecule has 2 N–H and O–H groups in total. The Morgan fingerprint density at radius 3 is 2.80 bits per heavy atom. The van der Waals surface area contributed by atoms with Gasteiger partial charge in [0.15, 0.2) is 0 Å². The number of nitrogens with zero attached hydrogens (tertiary/aromatic N) is 1. The average molecular weight is 284 g/mol. The quantitative estimate of drug-likeness (QED) is 0.707. The van der Waals surface area contributed by atoms with E-state index in [9.17, 15) is 9.90 Å². The van der Waals surface area contributed by atoms with Gasteiger partial charge in [-0.25, -0.2) is 0 Å². The fraction of sp³-hybridized carbons (Fsp3) is 0.933. The summed E-state index contributed by atoms with van der Waals surface area (Å²) in [5, 5.41) is 12.8. The summed E-state index contributed by atoms with van der Waals surface area (Å²) in [5.41, 5.74) is -0.839. The number of hydrogen-bond acceptors (Lipinski definition) is 4. The highest BCUT2D eigenvalue weighted by molar-refractivity contribution is 5.78. The summed E-state index contributed by atoms with van der Waals surface area (Å²) in [6, 6.07) is 0.396. The van der Waals surface area contributed by atoms with Crippen molar-refractivity contribution in [1.29, 1.82) is 0 Å². The number of piperidine rings is 1. The highest BCUT2D eigenvalue weighted by Crippen LogP contribution is 2.24. The SMILES string of the molecule is CCCOC1CCCN(CC(C)(NC2CC2)C(=O)O)C1. The average Bonchev–Trinajstić information content (AvgIpc) is 3.20. The predicted octanol–water partition coefficient (Wildman–Crippen LogP) is 1.47. The summed E-state index contributed by atoms with van der Waals surface area (Å²) >= 11 is 0. The maximum Gasteiger partial charge on any atom is 0.324 e. The van der Waals surface area contributed by atoms with E-state index in [-0.39, 0.29) is 6.10 Å². The molecule has 20 heavy (non-hydrogen) atoms. The summed E-state index contributed by atoms with van der Waals surface area (Å²) in [4.78, 5) is 13.8. The number of carbonyl (C=O) groups is 1. The fourth-order valence-corrected chi connectivity index (χ4v) is 2.88. The van der Waals surface area contributed by atoms with Gasteiger partial charge in [0.2, 0.25) is 0 Å². The molecule has 1 aliphatic carbocycles. The molecular formula is C15H28N2O3. The van der Waals surface area contributed by atoms with Gasteiger partial charge in [-0.05, 0) is 45.6 Å². The summed E-state index contributed by atoms with van der Waals surface area (Å²) in [6.07, 6.45) is 5.69. The van der Waals surface area contributed by atoms with Crippen molar-refractivity contribution in [2.45, 2.75) is 63.6 Å². The number of carboxylic acids is 1. The third-order valence-corrected chi connectivity index (χ3v) is 4.13. The zero-order valence-electron chi connectivity index (χ0n) is 12.7. The molecule has 2 unspecified atom stereocenters. The molecule has 0 aromatic rings. The molecule has 116 valence electrons. The van der Waals surface area contributed by atoms with Gasteiger partial charge >= 0.3 is 5.97 Å². The van der Waals surface area contributed by atoms with Gasteiger partial charge in [0.25, 0.3) is 0 Å². The number of likely N-dealkylation sites (tertiary alicyclic amines) is 1. The monoisotopic (exact) mass is 284 g/mol. The molecule has 2 aliphatic rings. The van der Waals surface area contributed by atoms with Crippen molar-refractivity contribution >= 4 is 5.97 Å². The molecule has 1 saturated heterocycles. The van der Waals surface area contributed by atoms with Gasteiger partial charge in [0.05, 0.1) is 6.10 Å². The van der Waals surface area contributed by atoms with Crippen molar-refractivity contribution in [3.05, 3.63) is 0 Å². The molecular weight excluding hydrogens is 256 g/mol. The van der Waals surface area contributed by atoms with Crippen molar-refractivity contribution in [3.8, 4) is 0 Å². The van der Waals surface area contributed by atoms with E-state index in [4.69, 9.17) is 4.74 Å². The van der Waals surface area contributed by atoms with Gasteiger partial charge < -0.3 is 9.84 Å². The highest BCUT2D eigenvalue weighted by atomic mass is 16.5. The van der Waals surface area contributed by atoms with Crippen molar-refractivity contribution in [3.63, 3.8) is 0 Å². The molecule has 2 fully saturated rings. The van der Waals surface area contributed by atoms with Crippen molar-refractivity contribution in [1.82, 2.24) is 10.2 Å². The van der Waals surface area contributed by atoms with Crippen LogP contribution in [0.3, 0.4) is 0 Å². The minimum absolute atomic E-state index is 0.266. The second-order valence-corrected chi connectivity index (χ2v) is 6.43. The second-order valence-electron chi connectivity index (χ2n) is 6.43. The van der Waals surface area contributed by atoms with Gasteiger partial charge in [-0.3, -0.25) is 15.0 Å². The fourth-order valence-electron chi connectivity index (χ4n) is 2.88. The number of hydrogen-bond donors (Lipinski definition) is 2. The van der Waals surface area contributed by atoms with Crippen LogP contribution in [-0.4, -0.2) is 59.9 Å². The zero-order valence-corrected chi connectivity index (χ0v) is 12.7. The molecule has 5 nitrogen and oxygen atoms in total. The molecule has 1 heterocycles. The van der Waals surface area contributed by atoms with Crippen LogP contribution in [0.5, 0.6) is 0 Å². The molecule has 1 saturated carbocycles. The van der Waals surface area contributed by atoms with E-state index < -0.39 is 11.5 Å². The molecule has 5 heteroatoms. The van der Waals surface area contributed by atoms with Crippen LogP contribution in [0, 0.1) is 0 Å². The second kappa shape index (κ2) is 6.87. The first kappa shape index (κ1) is 15.7. The van der Waals surface area contributed by atoms with Gasteiger partial charge in [0.1, 0.15) is 5.54 Å². The van der Waals surface area contributed by atoms with Gasteiger partial charge in [0, 0.05) is 25.7 Å². The lowest BCUT2D eigenvalue weighted by atomic mass is 9.99. The van der Waals surface area contributed by atoms with Crippen LogP contribution in [0.2, 0.25) is 0 Å². The first-order valence-electron chi connectivity index (χ1n) is 7.88. The Bertz CT molecular complexity index is 333. The van der Waals surface area contributed by atoms with Crippen molar-refractivity contribution in [2.24, 2.45) is 0 Å². The number of rotatable bonds is 8. The minimum atomic E-state index is -0.839. The van der Waals surface area contributed by atoms with E-state index in [1.165, 1.54) is 0 Å². The molecule has 0 radical (unpaired) electrons. The summed E-state index contributed by atoms with van der Waals surface area (Å²) in [5.74, 6) is -0.749. The van der Waals surface area contributed by atoms with Gasteiger partial charge in [-0.2, -0.15) is 0 Å². The number of ether oxygens (including phenoxy) is 1. The third kappa shape index (κ3) is 4.43. The van der Waals surface area contributed by atoms with Gasteiger partial charge in [-0.15, -0.1) is 0 Å². The number of carboxylic acid groups (broad SMARTS) is 1. The zero-order chi connectivity index (χ0) is 14.6. The Hall–Kier alpha value is -0.650. The Balaban J connectivity index is 1.87. The maximum absolute atomic E-state index is 11.6. The van der Waals surface area contributed by atoms with Crippen molar-refractivity contribution < 1.29 is 14.6 Å². The van der Waals surface area contributed by atoms with Crippen LogP contribution in [0.15, 0.2) is 0 Å².